The number of carbonyl (C=O) groups is 1. The Morgan fingerprint density at radius 3 is 2.72 bits per heavy atom. The zero-order valence-corrected chi connectivity index (χ0v) is 14.6. The molecular weight excluding hydrogens is 319 g/mol. The Labute approximate surface area is 146 Å². The van der Waals surface area contributed by atoms with Crippen LogP contribution in [0, 0.1) is 19.7 Å². The lowest BCUT2D eigenvalue weighted by atomic mass is 10.0. The fraction of sp³-hybridized carbons (Fsp3) is 0.300. The third-order valence-corrected chi connectivity index (χ3v) is 4.26. The number of carbonyl (C=O) groups excluding carboxylic acids is 1. The molecule has 0 bridgehead atoms. The van der Waals surface area contributed by atoms with Crippen molar-refractivity contribution < 1.29 is 13.6 Å². The highest BCUT2D eigenvalue weighted by Crippen LogP contribution is 2.27. The van der Waals surface area contributed by atoms with Crippen LogP contribution in [0.25, 0.3) is 11.1 Å². The van der Waals surface area contributed by atoms with Gasteiger partial charge in [-0.2, -0.15) is 4.98 Å². The average Bonchev–Trinajstić information content (AvgIpc) is 2.98. The van der Waals surface area contributed by atoms with Gasteiger partial charge in [0.05, 0.1) is 0 Å². The Kier molecular flexibility index (Phi) is 4.83. The van der Waals surface area contributed by atoms with Gasteiger partial charge in [0.2, 0.25) is 0 Å². The van der Waals surface area contributed by atoms with Gasteiger partial charge in [-0.1, -0.05) is 13.0 Å². The molecule has 3 aromatic rings. The highest BCUT2D eigenvalue weighted by Gasteiger charge is 2.12. The molecule has 3 rings (SSSR count). The van der Waals surface area contributed by atoms with Crippen molar-refractivity contribution in [3.05, 3.63) is 52.8 Å². The maximum absolute atomic E-state index is 13.2. The van der Waals surface area contributed by atoms with E-state index in [0.29, 0.717) is 30.9 Å². The maximum Gasteiger partial charge on any atom is 0.300 e. The van der Waals surface area contributed by atoms with E-state index in [1.165, 1.54) is 12.1 Å². The highest BCUT2D eigenvalue weighted by atomic mass is 19.1. The molecule has 0 saturated carbocycles. The van der Waals surface area contributed by atoms with Crippen molar-refractivity contribution in [2.24, 2.45) is 0 Å². The molecule has 1 N–H and O–H groups in total. The van der Waals surface area contributed by atoms with Crippen LogP contribution in [0.1, 0.15) is 36.5 Å². The van der Waals surface area contributed by atoms with E-state index in [4.69, 9.17) is 4.42 Å². The second kappa shape index (κ2) is 7.05. The minimum atomic E-state index is -0.275. The summed E-state index contributed by atoms with van der Waals surface area (Å²) in [5.41, 5.74) is 5.06. The lowest BCUT2D eigenvalue weighted by Gasteiger charge is -2.05. The van der Waals surface area contributed by atoms with Crippen LogP contribution in [-0.4, -0.2) is 10.8 Å². The lowest BCUT2D eigenvalue weighted by molar-refractivity contribution is -0.118. The first-order valence-corrected chi connectivity index (χ1v) is 8.41. The SMILES string of the molecule is CCC(=O)CCc1cc(C)c2nc(Nc3ccc(F)cc3C)oc2c1. The number of ketones is 1. The van der Waals surface area contributed by atoms with E-state index < -0.39 is 0 Å². The van der Waals surface area contributed by atoms with E-state index in [0.717, 1.165) is 27.9 Å². The lowest BCUT2D eigenvalue weighted by Crippen LogP contribution is -1.98. The van der Waals surface area contributed by atoms with Gasteiger partial charge in [0.15, 0.2) is 5.58 Å². The molecule has 0 fully saturated rings. The Hall–Kier alpha value is -2.69. The van der Waals surface area contributed by atoms with Crippen molar-refractivity contribution in [1.82, 2.24) is 4.98 Å². The molecule has 0 aliphatic heterocycles. The number of nitrogens with one attached hydrogen (secondary N) is 1. The number of rotatable bonds is 6. The van der Waals surface area contributed by atoms with Crippen molar-refractivity contribution in [2.75, 3.05) is 5.32 Å². The first-order chi connectivity index (χ1) is 12.0. The third-order valence-electron chi connectivity index (χ3n) is 4.26. The standard InChI is InChI=1S/C20H21FN2O2/c1-4-16(24)7-5-14-9-13(3)19-18(11-14)25-20(23-19)22-17-8-6-15(21)10-12(17)2/h6,8-11H,4-5,7H2,1-3H3,(H,22,23). The van der Waals surface area contributed by atoms with Crippen molar-refractivity contribution in [1.29, 1.82) is 0 Å². The van der Waals surface area contributed by atoms with Crippen LogP contribution in [0.15, 0.2) is 34.7 Å². The molecule has 1 heterocycles. The smallest absolute Gasteiger partial charge is 0.300 e. The number of oxazole rings is 1. The van der Waals surface area contributed by atoms with Gasteiger partial charge >= 0.3 is 0 Å². The topological polar surface area (TPSA) is 55.1 Å². The monoisotopic (exact) mass is 340 g/mol. The summed E-state index contributed by atoms with van der Waals surface area (Å²) in [6, 6.07) is 8.86. The number of aromatic nitrogens is 1. The van der Waals surface area contributed by atoms with Crippen molar-refractivity contribution >= 4 is 28.6 Å². The van der Waals surface area contributed by atoms with Gasteiger partial charge in [-0.15, -0.1) is 0 Å². The number of hydrogen-bond acceptors (Lipinski definition) is 4. The summed E-state index contributed by atoms with van der Waals surface area (Å²) in [4.78, 5) is 16.0. The summed E-state index contributed by atoms with van der Waals surface area (Å²) >= 11 is 0. The second-order valence-electron chi connectivity index (χ2n) is 6.25. The van der Waals surface area contributed by atoms with Gasteiger partial charge in [-0.3, -0.25) is 4.79 Å². The molecule has 2 aromatic carbocycles. The predicted molar refractivity (Wildman–Crippen MR) is 96.8 cm³/mol. The van der Waals surface area contributed by atoms with Crippen LogP contribution in [0.5, 0.6) is 0 Å². The van der Waals surface area contributed by atoms with Crippen LogP contribution in [0.3, 0.4) is 0 Å². The number of benzene rings is 2. The zero-order valence-electron chi connectivity index (χ0n) is 14.6. The van der Waals surface area contributed by atoms with Gasteiger partial charge in [-0.05, 0) is 61.2 Å². The molecule has 0 aliphatic carbocycles. The van der Waals surface area contributed by atoms with E-state index in [1.807, 2.05) is 32.9 Å². The summed E-state index contributed by atoms with van der Waals surface area (Å²) in [5.74, 6) is -0.0211. The number of hydrogen-bond donors (Lipinski definition) is 1. The summed E-state index contributed by atoms with van der Waals surface area (Å²) in [6.07, 6.45) is 1.80. The molecular formula is C20H21FN2O2. The second-order valence-corrected chi connectivity index (χ2v) is 6.25. The van der Waals surface area contributed by atoms with Crippen LogP contribution >= 0.6 is 0 Å². The van der Waals surface area contributed by atoms with Crippen LogP contribution in [-0.2, 0) is 11.2 Å². The highest BCUT2D eigenvalue weighted by molar-refractivity contribution is 5.81. The fourth-order valence-electron chi connectivity index (χ4n) is 2.81. The number of nitrogens with zero attached hydrogens (tertiary/aromatic N) is 1. The molecule has 0 radical (unpaired) electrons. The van der Waals surface area contributed by atoms with E-state index in [1.54, 1.807) is 6.07 Å². The number of anilines is 2. The Bertz CT molecular complexity index is 931. The Balaban J connectivity index is 1.86. The summed E-state index contributed by atoms with van der Waals surface area (Å²) in [5, 5.41) is 3.10. The van der Waals surface area contributed by atoms with Crippen molar-refractivity contribution in [2.45, 2.75) is 40.0 Å². The van der Waals surface area contributed by atoms with Crippen molar-refractivity contribution in [3.63, 3.8) is 0 Å². The van der Waals surface area contributed by atoms with Gasteiger partial charge in [0.1, 0.15) is 17.1 Å². The fourth-order valence-corrected chi connectivity index (χ4v) is 2.81. The molecule has 0 aliphatic rings. The zero-order chi connectivity index (χ0) is 18.0. The van der Waals surface area contributed by atoms with Crippen LogP contribution in [0.4, 0.5) is 16.1 Å². The molecule has 0 spiro atoms. The Morgan fingerprint density at radius 1 is 1.20 bits per heavy atom. The summed E-state index contributed by atoms with van der Waals surface area (Å²) in [6.45, 7) is 5.67. The number of fused-ring (bicyclic) bond motifs is 1. The molecule has 1 aromatic heterocycles. The third kappa shape index (κ3) is 3.87. The maximum atomic E-state index is 13.2. The molecule has 0 amide bonds. The van der Waals surface area contributed by atoms with Gasteiger partial charge < -0.3 is 9.73 Å². The molecule has 130 valence electrons. The average molecular weight is 340 g/mol. The van der Waals surface area contributed by atoms with Gasteiger partial charge in [0.25, 0.3) is 6.01 Å². The van der Waals surface area contributed by atoms with E-state index in [2.05, 4.69) is 10.3 Å². The van der Waals surface area contributed by atoms with Crippen molar-refractivity contribution in [3.8, 4) is 0 Å². The molecule has 4 nitrogen and oxygen atoms in total. The normalized spacial score (nSPS) is 11.0. The first-order valence-electron chi connectivity index (χ1n) is 8.41. The summed E-state index contributed by atoms with van der Waals surface area (Å²) in [7, 11) is 0. The number of halogens is 1. The van der Waals surface area contributed by atoms with Crippen LogP contribution in [0.2, 0.25) is 0 Å². The minimum absolute atomic E-state index is 0.254. The molecule has 25 heavy (non-hydrogen) atoms. The predicted octanol–water partition coefficient (Wildman–Crippen LogP) is 5.24. The number of aryl methyl sites for hydroxylation is 3. The summed E-state index contributed by atoms with van der Waals surface area (Å²) < 4.78 is 19.0. The molecule has 5 heteroatoms. The van der Waals surface area contributed by atoms with Crippen LogP contribution < -0.4 is 5.32 Å². The molecule has 0 atom stereocenters. The van der Waals surface area contributed by atoms with E-state index in [-0.39, 0.29) is 11.6 Å². The van der Waals surface area contributed by atoms with E-state index in [9.17, 15) is 9.18 Å². The minimum Gasteiger partial charge on any atom is -0.423 e. The van der Waals surface area contributed by atoms with Gasteiger partial charge in [0, 0.05) is 18.5 Å². The molecule has 0 unspecified atom stereocenters. The largest absolute Gasteiger partial charge is 0.423 e. The number of Topliss-reactive ketones (excluding diaryl/α,β-unsaturated/α-hetero) is 1. The quantitative estimate of drug-likeness (QED) is 0.667. The molecule has 0 saturated heterocycles. The van der Waals surface area contributed by atoms with E-state index >= 15 is 0 Å². The Morgan fingerprint density at radius 2 is 2.00 bits per heavy atom. The van der Waals surface area contributed by atoms with Gasteiger partial charge in [-0.25, -0.2) is 4.39 Å². The first kappa shape index (κ1) is 17.1.